The summed E-state index contributed by atoms with van der Waals surface area (Å²) in [5.74, 6) is 0. The molecule has 0 heterocycles. The van der Waals surface area contributed by atoms with Gasteiger partial charge in [0.15, 0.2) is 0 Å². The first kappa shape index (κ1) is 63.0. The van der Waals surface area contributed by atoms with Gasteiger partial charge < -0.3 is 21.8 Å². The third-order valence-corrected chi connectivity index (χ3v) is 0. The molecule has 0 spiro atoms. The van der Waals surface area contributed by atoms with Gasteiger partial charge in [0, 0.05) is 131 Å². The smallest absolute Gasteiger partial charge is 0 e. The first-order valence-electron chi connectivity index (χ1n) is 1.71. The van der Waals surface area contributed by atoms with Crippen molar-refractivity contribution in [1.29, 1.82) is 0 Å². The Morgan fingerprint density at radius 3 is 0.600 bits per heavy atom. The Hall–Kier alpha value is 4.42. The SMILES string of the molecule is CC.[CH2-]C.[CH3-].[CH3-].[Y].[Y].[Y].[Y]. The average molecular weight is 445 g/mol. The molecular formula is C6H17Y4-3. The zero-order chi connectivity index (χ0) is 4.00. The largest absolute Gasteiger partial charge is 0.358 e. The quantitative estimate of drug-likeness (QED) is 0.504. The summed E-state index contributed by atoms with van der Waals surface area (Å²) in [7, 11) is 0. The minimum absolute atomic E-state index is 0. The van der Waals surface area contributed by atoms with Crippen LogP contribution in [0.25, 0.3) is 0 Å². The molecule has 4 radical (unpaired) electrons. The molecule has 0 bridgehead atoms. The predicted octanol–water partition coefficient (Wildman–Crippen LogP) is 2.76. The normalized spacial score (nSPS) is 1.20. The summed E-state index contributed by atoms with van der Waals surface area (Å²) in [6.45, 7) is 9.00. The van der Waals surface area contributed by atoms with Gasteiger partial charge in [-0.25, -0.2) is 0 Å². The van der Waals surface area contributed by atoms with E-state index in [1.165, 1.54) is 0 Å². The van der Waals surface area contributed by atoms with E-state index in [1.807, 2.05) is 13.8 Å². The van der Waals surface area contributed by atoms with E-state index in [9.17, 15) is 0 Å². The summed E-state index contributed by atoms with van der Waals surface area (Å²) in [5, 5.41) is 0. The van der Waals surface area contributed by atoms with E-state index in [1.54, 1.807) is 6.92 Å². The molecule has 0 unspecified atom stereocenters. The maximum atomic E-state index is 3.25. The Morgan fingerprint density at radius 2 is 0.600 bits per heavy atom. The van der Waals surface area contributed by atoms with Gasteiger partial charge in [-0.15, -0.1) is 0 Å². The minimum atomic E-state index is 0. The molecule has 4 heteroatoms. The third-order valence-electron chi connectivity index (χ3n) is 0. The fourth-order valence-corrected chi connectivity index (χ4v) is 0. The van der Waals surface area contributed by atoms with Crippen LogP contribution in [0.5, 0.6) is 0 Å². The average Bonchev–Trinajstić information content (AvgIpc) is 1.50. The molecule has 0 saturated heterocycles. The molecule has 0 N–H and O–H groups in total. The summed E-state index contributed by atoms with van der Waals surface area (Å²) in [6, 6.07) is 0. The maximum absolute atomic E-state index is 3.25. The Kier molecular flexibility index (Phi) is 669. The Labute approximate surface area is 169 Å². The van der Waals surface area contributed by atoms with Gasteiger partial charge in [0.1, 0.15) is 0 Å². The number of rotatable bonds is 0. The van der Waals surface area contributed by atoms with Gasteiger partial charge in [-0.3, -0.25) is 0 Å². The molecule has 0 aromatic heterocycles. The van der Waals surface area contributed by atoms with Crippen molar-refractivity contribution in [3.05, 3.63) is 21.8 Å². The monoisotopic (exact) mass is 445 g/mol. The fraction of sp³-hybridized carbons (Fsp3) is 0.500. The van der Waals surface area contributed by atoms with Crippen molar-refractivity contribution < 1.29 is 131 Å². The topological polar surface area (TPSA) is 0 Å². The van der Waals surface area contributed by atoms with Crippen molar-refractivity contribution in [3.8, 4) is 0 Å². The second kappa shape index (κ2) is 106. The molecule has 0 atom stereocenters. The summed E-state index contributed by atoms with van der Waals surface area (Å²) < 4.78 is 0. The molecule has 0 aliphatic rings. The fourth-order valence-electron chi connectivity index (χ4n) is 0. The first-order chi connectivity index (χ1) is 2.00. The van der Waals surface area contributed by atoms with Crippen molar-refractivity contribution in [2.75, 3.05) is 0 Å². The van der Waals surface area contributed by atoms with Crippen LogP contribution in [0.3, 0.4) is 0 Å². The van der Waals surface area contributed by atoms with Crippen LogP contribution in [-0.4, -0.2) is 0 Å². The van der Waals surface area contributed by atoms with Crippen molar-refractivity contribution >= 4 is 0 Å². The van der Waals surface area contributed by atoms with E-state index >= 15 is 0 Å². The van der Waals surface area contributed by atoms with Gasteiger partial charge >= 0.3 is 0 Å². The van der Waals surface area contributed by atoms with Gasteiger partial charge in [-0.05, 0) is 0 Å². The van der Waals surface area contributed by atoms with Crippen molar-refractivity contribution in [1.82, 2.24) is 0 Å². The zero-order valence-corrected chi connectivity index (χ0v) is 19.4. The Bertz CT molecular complexity index is 9.71. The summed E-state index contributed by atoms with van der Waals surface area (Å²) >= 11 is 0. The van der Waals surface area contributed by atoms with E-state index in [2.05, 4.69) is 6.92 Å². The standard InChI is InChI=1S/C2H6.C2H5.2CH3.4Y/c2*1-2;;;;;;/h1-2H3;1H2,2H3;2*1H3;;;;/q;3*-1;;;;. The predicted molar refractivity (Wildman–Crippen MR) is 35.2 cm³/mol. The second-order valence-corrected chi connectivity index (χ2v) is 0. The van der Waals surface area contributed by atoms with Crippen molar-refractivity contribution in [2.24, 2.45) is 0 Å². The van der Waals surface area contributed by atoms with Crippen LogP contribution >= 0.6 is 0 Å². The van der Waals surface area contributed by atoms with Crippen LogP contribution < -0.4 is 0 Å². The molecule has 56 valence electrons. The molecule has 0 aromatic rings. The molecule has 0 rings (SSSR count). The summed E-state index contributed by atoms with van der Waals surface area (Å²) in [6.07, 6.45) is 0. The van der Waals surface area contributed by atoms with Gasteiger partial charge in [-0.1, -0.05) is 13.8 Å². The molecule has 0 nitrogen and oxygen atoms in total. The van der Waals surface area contributed by atoms with Gasteiger partial charge in [0.25, 0.3) is 0 Å². The van der Waals surface area contributed by atoms with Gasteiger partial charge in [-0.2, -0.15) is 6.92 Å². The molecule has 10 heavy (non-hydrogen) atoms. The van der Waals surface area contributed by atoms with Crippen molar-refractivity contribution in [3.63, 3.8) is 0 Å². The summed E-state index contributed by atoms with van der Waals surface area (Å²) in [5.41, 5.74) is 0. The zero-order valence-electron chi connectivity index (χ0n) is 8.02. The van der Waals surface area contributed by atoms with E-state index in [-0.39, 0.29) is 146 Å². The number of hydrogen-bond donors (Lipinski definition) is 0. The van der Waals surface area contributed by atoms with E-state index in [4.69, 9.17) is 0 Å². The van der Waals surface area contributed by atoms with Crippen LogP contribution in [-0.2, 0) is 131 Å². The van der Waals surface area contributed by atoms with E-state index in [0.29, 0.717) is 0 Å². The maximum Gasteiger partial charge on any atom is 0 e. The van der Waals surface area contributed by atoms with Crippen LogP contribution in [0.4, 0.5) is 0 Å². The van der Waals surface area contributed by atoms with Crippen LogP contribution in [0.2, 0.25) is 0 Å². The second-order valence-electron chi connectivity index (χ2n) is 0. The van der Waals surface area contributed by atoms with Crippen LogP contribution in [0.15, 0.2) is 0 Å². The molecule has 0 fully saturated rings. The molecule has 0 aliphatic carbocycles. The van der Waals surface area contributed by atoms with Crippen LogP contribution in [0, 0.1) is 21.8 Å². The molecular weight excluding hydrogens is 428 g/mol. The molecule has 0 saturated carbocycles. The molecule has 0 aliphatic heterocycles. The Morgan fingerprint density at radius 1 is 0.600 bits per heavy atom. The molecule has 0 amide bonds. The van der Waals surface area contributed by atoms with Gasteiger partial charge in [0.2, 0.25) is 0 Å². The summed E-state index contributed by atoms with van der Waals surface area (Å²) in [4.78, 5) is 0. The van der Waals surface area contributed by atoms with E-state index < -0.39 is 0 Å². The van der Waals surface area contributed by atoms with E-state index in [0.717, 1.165) is 0 Å². The minimum Gasteiger partial charge on any atom is -0.358 e. The van der Waals surface area contributed by atoms with Crippen molar-refractivity contribution in [2.45, 2.75) is 20.8 Å². The Balaban J connectivity index is -0.000000000833. The number of hydrogen-bond acceptors (Lipinski definition) is 0. The molecule has 0 aromatic carbocycles. The third kappa shape index (κ3) is 83.0. The van der Waals surface area contributed by atoms with Crippen LogP contribution in [0.1, 0.15) is 20.8 Å². The first-order valence-corrected chi connectivity index (χ1v) is 1.71. The van der Waals surface area contributed by atoms with Gasteiger partial charge in [0.05, 0.1) is 0 Å².